The summed E-state index contributed by atoms with van der Waals surface area (Å²) in [5.74, 6) is 0.134. The lowest BCUT2D eigenvalue weighted by Crippen LogP contribution is -2.09. The highest BCUT2D eigenvalue weighted by molar-refractivity contribution is 5.66. The average molecular weight is 315 g/mol. The van der Waals surface area contributed by atoms with Gasteiger partial charge in [-0.3, -0.25) is 0 Å². The van der Waals surface area contributed by atoms with Gasteiger partial charge in [0.05, 0.1) is 25.3 Å². The number of halogens is 3. The molecular formula is C13H12F3N3O3. The highest BCUT2D eigenvalue weighted by atomic mass is 19.4. The Bertz CT molecular complexity index is 685. The van der Waals surface area contributed by atoms with E-state index in [-0.39, 0.29) is 35.3 Å². The molecule has 0 bridgehead atoms. The molecule has 1 aliphatic heterocycles. The number of hydrogen-bond donors (Lipinski definition) is 1. The van der Waals surface area contributed by atoms with Crippen LogP contribution in [0.1, 0.15) is 17.9 Å². The summed E-state index contributed by atoms with van der Waals surface area (Å²) in [5, 5.41) is 3.54. The van der Waals surface area contributed by atoms with E-state index in [9.17, 15) is 13.2 Å². The average Bonchev–Trinajstić information content (AvgIpc) is 2.83. The van der Waals surface area contributed by atoms with Crippen LogP contribution in [0.15, 0.2) is 16.7 Å². The van der Waals surface area contributed by atoms with Gasteiger partial charge in [-0.1, -0.05) is 5.16 Å². The Morgan fingerprint density at radius 1 is 1.14 bits per heavy atom. The van der Waals surface area contributed by atoms with E-state index in [1.807, 2.05) is 0 Å². The van der Waals surface area contributed by atoms with Crippen molar-refractivity contribution in [3.8, 4) is 22.9 Å². The highest BCUT2D eigenvalue weighted by Gasteiger charge is 2.37. The zero-order valence-electron chi connectivity index (χ0n) is 11.3. The molecule has 2 aromatic rings. The van der Waals surface area contributed by atoms with Crippen molar-refractivity contribution >= 4 is 0 Å². The second-order valence-corrected chi connectivity index (χ2v) is 4.61. The van der Waals surface area contributed by atoms with Crippen molar-refractivity contribution in [2.24, 2.45) is 5.73 Å². The Kier molecular flexibility index (Phi) is 3.65. The van der Waals surface area contributed by atoms with E-state index in [2.05, 4.69) is 10.1 Å². The van der Waals surface area contributed by atoms with Crippen molar-refractivity contribution in [1.29, 1.82) is 0 Å². The van der Waals surface area contributed by atoms with E-state index in [0.29, 0.717) is 19.6 Å². The van der Waals surface area contributed by atoms with Gasteiger partial charge in [0.15, 0.2) is 11.5 Å². The lowest BCUT2D eigenvalue weighted by Gasteiger charge is -2.15. The van der Waals surface area contributed by atoms with Gasteiger partial charge < -0.3 is 19.7 Å². The predicted molar refractivity (Wildman–Crippen MR) is 68.2 cm³/mol. The third kappa shape index (κ3) is 2.71. The first kappa shape index (κ1) is 14.6. The van der Waals surface area contributed by atoms with Crippen molar-refractivity contribution in [1.82, 2.24) is 10.1 Å². The van der Waals surface area contributed by atoms with Crippen LogP contribution in [0.25, 0.3) is 11.4 Å². The molecule has 1 aromatic carbocycles. The van der Waals surface area contributed by atoms with Crippen molar-refractivity contribution in [3.05, 3.63) is 23.6 Å². The first-order valence-corrected chi connectivity index (χ1v) is 6.53. The van der Waals surface area contributed by atoms with Crippen LogP contribution in [-0.2, 0) is 12.7 Å². The molecule has 0 unspecified atom stereocenters. The van der Waals surface area contributed by atoms with Gasteiger partial charge >= 0.3 is 6.18 Å². The quantitative estimate of drug-likeness (QED) is 0.916. The maximum atomic E-state index is 13.3. The SMILES string of the molecule is NCc1nc(-c2cc3c(cc2C(F)(F)F)OCCCO3)no1. The summed E-state index contributed by atoms with van der Waals surface area (Å²) in [6.45, 7) is 0.597. The van der Waals surface area contributed by atoms with E-state index in [1.165, 1.54) is 6.07 Å². The molecule has 0 spiro atoms. The minimum atomic E-state index is -4.59. The summed E-state index contributed by atoms with van der Waals surface area (Å²) in [6.07, 6.45) is -4.01. The lowest BCUT2D eigenvalue weighted by molar-refractivity contribution is -0.137. The smallest absolute Gasteiger partial charge is 0.417 e. The van der Waals surface area contributed by atoms with Crippen LogP contribution >= 0.6 is 0 Å². The number of benzene rings is 1. The van der Waals surface area contributed by atoms with Gasteiger partial charge in [-0.05, 0) is 12.1 Å². The fraction of sp³-hybridized carbons (Fsp3) is 0.385. The summed E-state index contributed by atoms with van der Waals surface area (Å²) in [4.78, 5) is 3.85. The zero-order chi connectivity index (χ0) is 15.7. The van der Waals surface area contributed by atoms with E-state index in [1.54, 1.807) is 0 Å². The minimum absolute atomic E-state index is 0.0511. The molecular weight excluding hydrogens is 303 g/mol. The summed E-state index contributed by atoms with van der Waals surface area (Å²) < 4.78 is 55.3. The Morgan fingerprint density at radius 2 is 1.82 bits per heavy atom. The summed E-state index contributed by atoms with van der Waals surface area (Å²) >= 11 is 0. The van der Waals surface area contributed by atoms with Crippen LogP contribution < -0.4 is 15.2 Å². The van der Waals surface area contributed by atoms with Crippen LogP contribution in [0.5, 0.6) is 11.5 Å². The van der Waals surface area contributed by atoms with Crippen LogP contribution in [0, 0.1) is 0 Å². The normalized spacial score (nSPS) is 14.7. The predicted octanol–water partition coefficient (Wildman–Crippen LogP) is 2.38. The Labute approximate surface area is 123 Å². The van der Waals surface area contributed by atoms with Crippen LogP contribution in [0.3, 0.4) is 0 Å². The Morgan fingerprint density at radius 3 is 2.41 bits per heavy atom. The van der Waals surface area contributed by atoms with Crippen LogP contribution in [0.4, 0.5) is 13.2 Å². The molecule has 2 N–H and O–H groups in total. The maximum absolute atomic E-state index is 13.3. The molecule has 0 atom stereocenters. The molecule has 1 aliphatic rings. The largest absolute Gasteiger partial charge is 0.490 e. The van der Waals surface area contributed by atoms with Gasteiger partial charge in [0.2, 0.25) is 11.7 Å². The number of hydrogen-bond acceptors (Lipinski definition) is 6. The third-order valence-corrected chi connectivity index (χ3v) is 3.08. The van der Waals surface area contributed by atoms with Crippen LogP contribution in [-0.4, -0.2) is 23.4 Å². The molecule has 1 aromatic heterocycles. The molecule has 3 rings (SSSR count). The van der Waals surface area contributed by atoms with Crippen LogP contribution in [0.2, 0.25) is 0 Å². The number of nitrogens with zero attached hydrogens (tertiary/aromatic N) is 2. The second-order valence-electron chi connectivity index (χ2n) is 4.61. The topological polar surface area (TPSA) is 83.4 Å². The van der Waals surface area contributed by atoms with E-state index in [0.717, 1.165) is 6.07 Å². The van der Waals surface area contributed by atoms with Gasteiger partial charge in [0, 0.05) is 12.0 Å². The van der Waals surface area contributed by atoms with Gasteiger partial charge in [0.1, 0.15) is 0 Å². The Balaban J connectivity index is 2.16. The van der Waals surface area contributed by atoms with Gasteiger partial charge in [-0.15, -0.1) is 0 Å². The van der Waals surface area contributed by atoms with E-state index >= 15 is 0 Å². The van der Waals surface area contributed by atoms with Crippen molar-refractivity contribution in [3.63, 3.8) is 0 Å². The first-order valence-electron chi connectivity index (χ1n) is 6.53. The van der Waals surface area contributed by atoms with Gasteiger partial charge in [0.25, 0.3) is 0 Å². The number of aromatic nitrogens is 2. The van der Waals surface area contributed by atoms with Crippen molar-refractivity contribution in [2.75, 3.05) is 13.2 Å². The van der Waals surface area contributed by atoms with E-state index in [4.69, 9.17) is 19.7 Å². The second kappa shape index (κ2) is 5.48. The molecule has 0 saturated carbocycles. The highest BCUT2D eigenvalue weighted by Crippen LogP contribution is 2.43. The number of alkyl halides is 3. The summed E-state index contributed by atoms with van der Waals surface area (Å²) in [5.41, 5.74) is 4.18. The van der Waals surface area contributed by atoms with Gasteiger partial charge in [-0.2, -0.15) is 18.2 Å². The fourth-order valence-corrected chi connectivity index (χ4v) is 2.08. The molecule has 0 fully saturated rings. The fourth-order valence-electron chi connectivity index (χ4n) is 2.08. The molecule has 6 nitrogen and oxygen atoms in total. The molecule has 0 saturated heterocycles. The number of ether oxygens (including phenoxy) is 2. The third-order valence-electron chi connectivity index (χ3n) is 3.08. The Hall–Kier alpha value is -2.29. The van der Waals surface area contributed by atoms with E-state index < -0.39 is 11.7 Å². The van der Waals surface area contributed by atoms with Gasteiger partial charge in [-0.25, -0.2) is 0 Å². The zero-order valence-corrected chi connectivity index (χ0v) is 11.3. The molecule has 22 heavy (non-hydrogen) atoms. The monoisotopic (exact) mass is 315 g/mol. The summed E-state index contributed by atoms with van der Waals surface area (Å²) in [6, 6.07) is 2.11. The molecule has 118 valence electrons. The van der Waals surface area contributed by atoms with Crippen molar-refractivity contribution < 1.29 is 27.2 Å². The number of fused-ring (bicyclic) bond motifs is 1. The minimum Gasteiger partial charge on any atom is -0.490 e. The number of nitrogens with two attached hydrogens (primary N) is 1. The number of rotatable bonds is 2. The molecule has 0 amide bonds. The molecule has 0 radical (unpaired) electrons. The molecule has 9 heteroatoms. The van der Waals surface area contributed by atoms with Crippen molar-refractivity contribution in [2.45, 2.75) is 19.1 Å². The maximum Gasteiger partial charge on any atom is 0.417 e. The molecule has 0 aliphatic carbocycles. The summed E-state index contributed by atoms with van der Waals surface area (Å²) in [7, 11) is 0. The standard InChI is InChI=1S/C13H12F3N3O3/c14-13(15,16)8-5-10-9(20-2-1-3-21-10)4-7(8)12-18-11(6-17)22-19-12/h4-5H,1-3,6,17H2. The lowest BCUT2D eigenvalue weighted by atomic mass is 10.1. The molecule has 2 heterocycles. The first-order chi connectivity index (χ1) is 10.5.